The predicted octanol–water partition coefficient (Wildman–Crippen LogP) is 2.29. The molecular formula is C13H13F3N2O3. The summed E-state index contributed by atoms with van der Waals surface area (Å²) in [6.07, 6.45) is 0. The first-order valence-corrected chi connectivity index (χ1v) is 6.23. The summed E-state index contributed by atoms with van der Waals surface area (Å²) < 4.78 is 39.3. The van der Waals surface area contributed by atoms with Crippen LogP contribution in [0.5, 0.6) is 0 Å². The van der Waals surface area contributed by atoms with Crippen LogP contribution in [0.25, 0.3) is 0 Å². The number of carbonyl (C=O) groups is 2. The molecule has 2 N–H and O–H groups in total. The molecule has 0 saturated carbocycles. The van der Waals surface area contributed by atoms with E-state index in [0.717, 1.165) is 6.07 Å². The van der Waals surface area contributed by atoms with Gasteiger partial charge in [-0.2, -0.15) is 0 Å². The van der Waals surface area contributed by atoms with E-state index >= 15 is 0 Å². The smallest absolute Gasteiger partial charge is 0.321 e. The number of anilines is 1. The highest BCUT2D eigenvalue weighted by atomic mass is 19.2. The number of amides is 2. The molecule has 0 bridgehead atoms. The maximum Gasteiger partial charge on any atom is 0.321 e. The molecule has 5 nitrogen and oxygen atoms in total. The molecule has 21 heavy (non-hydrogen) atoms. The van der Waals surface area contributed by atoms with Crippen LogP contribution in [0.3, 0.4) is 0 Å². The molecule has 0 radical (unpaired) electrons. The maximum atomic E-state index is 13.4. The van der Waals surface area contributed by atoms with Gasteiger partial charge in [0, 0.05) is 13.1 Å². The molecule has 0 spiro atoms. The summed E-state index contributed by atoms with van der Waals surface area (Å²) in [4.78, 5) is 24.1. The largest absolute Gasteiger partial charge is 0.481 e. The van der Waals surface area contributed by atoms with E-state index in [1.807, 2.05) is 0 Å². The molecule has 2 atom stereocenters. The quantitative estimate of drug-likeness (QED) is 0.824. The van der Waals surface area contributed by atoms with Gasteiger partial charge >= 0.3 is 12.0 Å². The third-order valence-corrected chi connectivity index (χ3v) is 3.49. The number of carbonyl (C=O) groups excluding carboxylic acids is 1. The molecule has 0 aromatic heterocycles. The van der Waals surface area contributed by atoms with Gasteiger partial charge in [-0.15, -0.1) is 0 Å². The second-order valence-electron chi connectivity index (χ2n) is 4.98. The lowest BCUT2D eigenvalue weighted by molar-refractivity contribution is -0.142. The second-order valence-corrected chi connectivity index (χ2v) is 4.98. The molecule has 2 amide bonds. The van der Waals surface area contributed by atoms with E-state index in [1.54, 1.807) is 6.92 Å². The number of urea groups is 1. The van der Waals surface area contributed by atoms with Gasteiger partial charge in [0.05, 0.1) is 11.6 Å². The van der Waals surface area contributed by atoms with Gasteiger partial charge in [-0.1, -0.05) is 6.92 Å². The van der Waals surface area contributed by atoms with Crippen molar-refractivity contribution >= 4 is 17.7 Å². The number of hydrogen-bond acceptors (Lipinski definition) is 2. The molecule has 1 aliphatic rings. The van der Waals surface area contributed by atoms with Crippen molar-refractivity contribution < 1.29 is 27.9 Å². The second kappa shape index (κ2) is 5.63. The minimum absolute atomic E-state index is 0.0202. The molecule has 1 fully saturated rings. The molecule has 2 rings (SSSR count). The van der Waals surface area contributed by atoms with Crippen molar-refractivity contribution in [1.29, 1.82) is 0 Å². The Morgan fingerprint density at radius 1 is 1.24 bits per heavy atom. The van der Waals surface area contributed by atoms with Crippen molar-refractivity contribution in [3.63, 3.8) is 0 Å². The third kappa shape index (κ3) is 2.93. The lowest BCUT2D eigenvalue weighted by Gasteiger charge is -2.17. The van der Waals surface area contributed by atoms with Gasteiger partial charge in [0.2, 0.25) is 0 Å². The van der Waals surface area contributed by atoms with Crippen molar-refractivity contribution in [2.45, 2.75) is 6.92 Å². The van der Waals surface area contributed by atoms with Gasteiger partial charge in [0.25, 0.3) is 0 Å². The van der Waals surface area contributed by atoms with Gasteiger partial charge < -0.3 is 15.3 Å². The molecule has 1 saturated heterocycles. The Morgan fingerprint density at radius 3 is 2.48 bits per heavy atom. The van der Waals surface area contributed by atoms with Crippen molar-refractivity contribution in [2.75, 3.05) is 18.4 Å². The SMILES string of the molecule is C[C@@H]1CN(C(=O)Nc2ccc(F)c(F)c2F)C[C@H]1C(=O)O. The van der Waals surface area contributed by atoms with Crippen LogP contribution in [0, 0.1) is 29.3 Å². The van der Waals surface area contributed by atoms with E-state index in [1.165, 1.54) is 4.90 Å². The summed E-state index contributed by atoms with van der Waals surface area (Å²) in [6, 6.07) is 0.844. The number of aliphatic carboxylic acids is 1. The van der Waals surface area contributed by atoms with E-state index in [-0.39, 0.29) is 19.0 Å². The van der Waals surface area contributed by atoms with Crippen molar-refractivity contribution in [2.24, 2.45) is 11.8 Å². The number of carboxylic acids is 1. The average molecular weight is 302 g/mol. The van der Waals surface area contributed by atoms with Crippen LogP contribution >= 0.6 is 0 Å². The lowest BCUT2D eigenvalue weighted by atomic mass is 9.99. The molecule has 0 aliphatic carbocycles. The Bertz CT molecular complexity index is 594. The number of benzene rings is 1. The first-order valence-electron chi connectivity index (χ1n) is 6.23. The summed E-state index contributed by atoms with van der Waals surface area (Å²) in [6.45, 7) is 1.85. The number of likely N-dealkylation sites (tertiary alicyclic amines) is 1. The van der Waals surface area contributed by atoms with Crippen molar-refractivity contribution in [3.8, 4) is 0 Å². The summed E-state index contributed by atoms with van der Waals surface area (Å²) in [7, 11) is 0. The van der Waals surface area contributed by atoms with Gasteiger partial charge in [0.15, 0.2) is 17.5 Å². The number of nitrogens with zero attached hydrogens (tertiary/aromatic N) is 1. The zero-order chi connectivity index (χ0) is 15.7. The third-order valence-electron chi connectivity index (χ3n) is 3.49. The Balaban J connectivity index is 2.10. The topological polar surface area (TPSA) is 69.6 Å². The summed E-state index contributed by atoms with van der Waals surface area (Å²) >= 11 is 0. The molecule has 1 aliphatic heterocycles. The Hall–Kier alpha value is -2.25. The maximum absolute atomic E-state index is 13.4. The van der Waals surface area contributed by atoms with Crippen molar-refractivity contribution in [1.82, 2.24) is 4.90 Å². The number of rotatable bonds is 2. The van der Waals surface area contributed by atoms with Crippen LogP contribution in [0.15, 0.2) is 12.1 Å². The van der Waals surface area contributed by atoms with Crippen LogP contribution in [0.2, 0.25) is 0 Å². The fourth-order valence-corrected chi connectivity index (χ4v) is 2.27. The zero-order valence-corrected chi connectivity index (χ0v) is 11.1. The highest BCUT2D eigenvalue weighted by Crippen LogP contribution is 2.25. The Kier molecular flexibility index (Phi) is 4.06. The van der Waals surface area contributed by atoms with Crippen LogP contribution in [-0.4, -0.2) is 35.1 Å². The van der Waals surface area contributed by atoms with Gasteiger partial charge in [-0.05, 0) is 18.1 Å². The fourth-order valence-electron chi connectivity index (χ4n) is 2.27. The standard InChI is InChI=1S/C13H13F3N2O3/c1-6-4-18(5-7(6)12(19)20)13(21)17-9-3-2-8(14)10(15)11(9)16/h2-3,6-7H,4-5H2,1H3,(H,17,21)(H,19,20)/t6-,7-/m1/s1. The summed E-state index contributed by atoms with van der Waals surface area (Å²) in [5.41, 5.74) is -0.495. The van der Waals surface area contributed by atoms with Gasteiger partial charge in [0.1, 0.15) is 0 Å². The molecule has 1 aromatic carbocycles. The molecule has 1 heterocycles. The number of halogens is 3. The Labute approximate surface area is 118 Å². The van der Waals surface area contributed by atoms with E-state index in [9.17, 15) is 22.8 Å². The molecule has 114 valence electrons. The molecule has 0 unspecified atom stereocenters. The average Bonchev–Trinajstić information content (AvgIpc) is 2.82. The van der Waals surface area contributed by atoms with E-state index in [0.29, 0.717) is 6.07 Å². The molecular weight excluding hydrogens is 289 g/mol. The van der Waals surface area contributed by atoms with Crippen LogP contribution < -0.4 is 5.32 Å². The normalized spacial score (nSPS) is 21.4. The molecule has 1 aromatic rings. The minimum Gasteiger partial charge on any atom is -0.481 e. The minimum atomic E-state index is -1.67. The van der Waals surface area contributed by atoms with E-state index < -0.39 is 41.1 Å². The monoisotopic (exact) mass is 302 g/mol. The van der Waals surface area contributed by atoms with E-state index in [2.05, 4.69) is 5.32 Å². The highest BCUT2D eigenvalue weighted by molar-refractivity contribution is 5.90. The van der Waals surface area contributed by atoms with Gasteiger partial charge in [-0.25, -0.2) is 18.0 Å². The van der Waals surface area contributed by atoms with Gasteiger partial charge in [-0.3, -0.25) is 4.79 Å². The van der Waals surface area contributed by atoms with Crippen molar-refractivity contribution in [3.05, 3.63) is 29.6 Å². The molecule has 8 heteroatoms. The number of hydrogen-bond donors (Lipinski definition) is 2. The summed E-state index contributed by atoms with van der Waals surface area (Å²) in [5, 5.41) is 11.1. The first kappa shape index (κ1) is 15.1. The fraction of sp³-hybridized carbons (Fsp3) is 0.385. The number of carboxylic acid groups (broad SMARTS) is 1. The van der Waals surface area contributed by atoms with E-state index in [4.69, 9.17) is 5.11 Å². The lowest BCUT2D eigenvalue weighted by Crippen LogP contribution is -2.34. The van der Waals surface area contributed by atoms with Crippen LogP contribution in [0.4, 0.5) is 23.7 Å². The predicted molar refractivity (Wildman–Crippen MR) is 67.2 cm³/mol. The van der Waals surface area contributed by atoms with Crippen LogP contribution in [0.1, 0.15) is 6.92 Å². The zero-order valence-electron chi connectivity index (χ0n) is 11.1. The van der Waals surface area contributed by atoms with Crippen LogP contribution in [-0.2, 0) is 4.79 Å². The number of nitrogens with one attached hydrogen (secondary N) is 1. The Morgan fingerprint density at radius 2 is 1.90 bits per heavy atom. The summed E-state index contributed by atoms with van der Waals surface area (Å²) in [5.74, 6) is -6.49. The highest BCUT2D eigenvalue weighted by Gasteiger charge is 2.37. The first-order chi connectivity index (χ1) is 9.81.